The van der Waals surface area contributed by atoms with Crippen LogP contribution >= 0.6 is 33.9 Å². The number of aromatic nitrogens is 3. The molecule has 20 heavy (non-hydrogen) atoms. The molecule has 2 N–H and O–H groups in total. The SMILES string of the molecule is Cc1nc(CCn2c(N)nc3cc(I)c(F)cc32)cs1. The van der Waals surface area contributed by atoms with E-state index in [9.17, 15) is 4.39 Å². The van der Waals surface area contributed by atoms with Crippen LogP contribution in [0.15, 0.2) is 17.5 Å². The van der Waals surface area contributed by atoms with Crippen molar-refractivity contribution in [2.75, 3.05) is 5.73 Å². The second-order valence-corrected chi connectivity index (χ2v) is 6.71. The van der Waals surface area contributed by atoms with Gasteiger partial charge in [0.2, 0.25) is 5.95 Å². The van der Waals surface area contributed by atoms with Crippen LogP contribution in [-0.2, 0) is 13.0 Å². The minimum Gasteiger partial charge on any atom is -0.369 e. The van der Waals surface area contributed by atoms with Crippen molar-refractivity contribution < 1.29 is 4.39 Å². The number of aryl methyl sites for hydroxylation is 3. The van der Waals surface area contributed by atoms with Crippen LogP contribution in [0.3, 0.4) is 0 Å². The van der Waals surface area contributed by atoms with Crippen molar-refractivity contribution in [2.45, 2.75) is 19.9 Å². The lowest BCUT2D eigenvalue weighted by atomic mass is 10.3. The smallest absolute Gasteiger partial charge is 0.201 e. The predicted octanol–water partition coefficient (Wildman–Crippen LogP) is 3.37. The predicted molar refractivity (Wildman–Crippen MR) is 87.4 cm³/mol. The number of hydrogen-bond acceptors (Lipinski definition) is 4. The first-order valence-corrected chi connectivity index (χ1v) is 8.02. The summed E-state index contributed by atoms with van der Waals surface area (Å²) in [6, 6.07) is 3.21. The maximum atomic E-state index is 13.7. The van der Waals surface area contributed by atoms with Crippen LogP contribution in [-0.4, -0.2) is 14.5 Å². The molecule has 7 heteroatoms. The topological polar surface area (TPSA) is 56.7 Å². The Morgan fingerprint density at radius 2 is 2.20 bits per heavy atom. The fourth-order valence-corrected chi connectivity index (χ4v) is 3.22. The number of hydrogen-bond donors (Lipinski definition) is 1. The molecule has 0 spiro atoms. The van der Waals surface area contributed by atoms with Gasteiger partial charge in [0.25, 0.3) is 0 Å². The lowest BCUT2D eigenvalue weighted by molar-refractivity contribution is 0.620. The van der Waals surface area contributed by atoms with Gasteiger partial charge in [-0.15, -0.1) is 11.3 Å². The van der Waals surface area contributed by atoms with E-state index in [1.165, 1.54) is 6.07 Å². The van der Waals surface area contributed by atoms with Crippen molar-refractivity contribution in [2.24, 2.45) is 0 Å². The summed E-state index contributed by atoms with van der Waals surface area (Å²) in [7, 11) is 0. The number of thiazole rings is 1. The molecule has 3 aromatic rings. The lowest BCUT2D eigenvalue weighted by Gasteiger charge is -2.05. The van der Waals surface area contributed by atoms with Gasteiger partial charge in [0.15, 0.2) is 0 Å². The van der Waals surface area contributed by atoms with Gasteiger partial charge in [-0.25, -0.2) is 14.4 Å². The number of imidazole rings is 1. The molecule has 3 rings (SSSR count). The summed E-state index contributed by atoms with van der Waals surface area (Å²) >= 11 is 3.58. The maximum Gasteiger partial charge on any atom is 0.201 e. The number of nitrogens with zero attached hydrogens (tertiary/aromatic N) is 3. The van der Waals surface area contributed by atoms with E-state index in [1.807, 2.05) is 39.5 Å². The van der Waals surface area contributed by atoms with E-state index in [4.69, 9.17) is 5.73 Å². The second kappa shape index (κ2) is 5.28. The minimum absolute atomic E-state index is 0.247. The first-order valence-electron chi connectivity index (χ1n) is 6.06. The molecule has 0 saturated carbocycles. The average molecular weight is 402 g/mol. The Labute approximate surface area is 133 Å². The monoisotopic (exact) mass is 402 g/mol. The van der Waals surface area contributed by atoms with Gasteiger partial charge in [0, 0.05) is 24.4 Å². The normalized spacial score (nSPS) is 11.3. The highest BCUT2D eigenvalue weighted by Crippen LogP contribution is 2.23. The summed E-state index contributed by atoms with van der Waals surface area (Å²) in [6.45, 7) is 2.62. The van der Waals surface area contributed by atoms with Crippen LogP contribution < -0.4 is 5.73 Å². The number of rotatable bonds is 3. The zero-order chi connectivity index (χ0) is 14.3. The summed E-state index contributed by atoms with van der Waals surface area (Å²) in [4.78, 5) is 8.70. The first-order chi connectivity index (χ1) is 9.54. The highest BCUT2D eigenvalue weighted by molar-refractivity contribution is 14.1. The summed E-state index contributed by atoms with van der Waals surface area (Å²) in [6.07, 6.45) is 0.758. The third-order valence-corrected chi connectivity index (χ3v) is 4.73. The van der Waals surface area contributed by atoms with Crippen LogP contribution in [0.2, 0.25) is 0 Å². The summed E-state index contributed by atoms with van der Waals surface area (Å²) in [5.74, 6) is 0.164. The zero-order valence-electron chi connectivity index (χ0n) is 10.7. The van der Waals surface area contributed by atoms with Crippen LogP contribution in [0.5, 0.6) is 0 Å². The van der Waals surface area contributed by atoms with Crippen LogP contribution in [0.25, 0.3) is 11.0 Å². The molecular weight excluding hydrogens is 390 g/mol. The van der Waals surface area contributed by atoms with E-state index in [0.717, 1.165) is 28.2 Å². The molecule has 2 heterocycles. The van der Waals surface area contributed by atoms with E-state index in [2.05, 4.69) is 9.97 Å². The molecule has 104 valence electrons. The third-order valence-electron chi connectivity index (χ3n) is 3.08. The Morgan fingerprint density at radius 3 is 2.90 bits per heavy atom. The average Bonchev–Trinajstić information content (AvgIpc) is 2.92. The molecular formula is C13H12FIN4S. The quantitative estimate of drug-likeness (QED) is 0.684. The molecule has 0 aliphatic carbocycles. The molecule has 0 aliphatic heterocycles. The zero-order valence-corrected chi connectivity index (χ0v) is 13.7. The Bertz CT molecular complexity index is 780. The number of nitrogen functional groups attached to an aromatic ring is 1. The standard InChI is InChI=1S/C13H12FIN4S/c1-7-17-8(6-20-7)2-3-19-12-4-9(14)10(15)5-11(12)18-13(19)16/h4-6H,2-3H2,1H3,(H2,16,18). The lowest BCUT2D eigenvalue weighted by Crippen LogP contribution is -2.06. The molecule has 0 radical (unpaired) electrons. The van der Waals surface area contributed by atoms with Gasteiger partial charge < -0.3 is 10.3 Å². The van der Waals surface area contributed by atoms with Crippen molar-refractivity contribution in [1.82, 2.24) is 14.5 Å². The number of nitrogens with two attached hydrogens (primary N) is 1. The maximum absolute atomic E-state index is 13.7. The van der Waals surface area contributed by atoms with E-state index < -0.39 is 0 Å². The van der Waals surface area contributed by atoms with Gasteiger partial charge in [-0.1, -0.05) is 0 Å². The van der Waals surface area contributed by atoms with Gasteiger partial charge >= 0.3 is 0 Å². The largest absolute Gasteiger partial charge is 0.369 e. The van der Waals surface area contributed by atoms with Crippen molar-refractivity contribution in [3.05, 3.63) is 37.6 Å². The Balaban J connectivity index is 1.94. The van der Waals surface area contributed by atoms with Crippen LogP contribution in [0.1, 0.15) is 10.7 Å². The number of fused-ring (bicyclic) bond motifs is 1. The Hall–Kier alpha value is -1.22. The van der Waals surface area contributed by atoms with E-state index in [-0.39, 0.29) is 5.82 Å². The molecule has 4 nitrogen and oxygen atoms in total. The van der Waals surface area contributed by atoms with Gasteiger partial charge in [-0.05, 0) is 35.6 Å². The van der Waals surface area contributed by atoms with E-state index in [0.29, 0.717) is 16.1 Å². The van der Waals surface area contributed by atoms with Crippen LogP contribution in [0.4, 0.5) is 10.3 Å². The third kappa shape index (κ3) is 2.51. The number of anilines is 1. The van der Waals surface area contributed by atoms with E-state index >= 15 is 0 Å². The first kappa shape index (κ1) is 13.7. The molecule has 0 atom stereocenters. The molecule has 2 aromatic heterocycles. The van der Waals surface area contributed by atoms with Gasteiger partial charge in [-0.3, -0.25) is 0 Å². The highest BCUT2D eigenvalue weighted by Gasteiger charge is 2.12. The van der Waals surface area contributed by atoms with Crippen molar-refractivity contribution in [1.29, 1.82) is 0 Å². The Morgan fingerprint density at radius 1 is 1.40 bits per heavy atom. The van der Waals surface area contributed by atoms with Crippen molar-refractivity contribution in [3.8, 4) is 0 Å². The highest BCUT2D eigenvalue weighted by atomic mass is 127. The van der Waals surface area contributed by atoms with Crippen molar-refractivity contribution >= 4 is 50.9 Å². The van der Waals surface area contributed by atoms with Gasteiger partial charge in [0.1, 0.15) is 5.82 Å². The minimum atomic E-state index is -0.247. The molecule has 0 fully saturated rings. The van der Waals surface area contributed by atoms with Gasteiger partial charge in [0.05, 0.1) is 25.3 Å². The molecule has 0 aliphatic rings. The number of halogens is 2. The molecule has 0 saturated heterocycles. The Kier molecular flexibility index (Phi) is 3.63. The fraction of sp³-hybridized carbons (Fsp3) is 0.231. The molecule has 0 amide bonds. The fourth-order valence-electron chi connectivity index (χ4n) is 2.12. The summed E-state index contributed by atoms with van der Waals surface area (Å²) in [5, 5.41) is 3.08. The molecule has 1 aromatic carbocycles. The molecule has 0 bridgehead atoms. The van der Waals surface area contributed by atoms with Crippen molar-refractivity contribution in [3.63, 3.8) is 0 Å². The van der Waals surface area contributed by atoms with Gasteiger partial charge in [-0.2, -0.15) is 0 Å². The second-order valence-electron chi connectivity index (χ2n) is 4.48. The van der Waals surface area contributed by atoms with E-state index in [1.54, 1.807) is 17.4 Å². The summed E-state index contributed by atoms with van der Waals surface area (Å²) in [5.41, 5.74) is 8.41. The number of benzene rings is 1. The molecule has 0 unspecified atom stereocenters. The summed E-state index contributed by atoms with van der Waals surface area (Å²) < 4.78 is 16.1. The van der Waals surface area contributed by atoms with Crippen LogP contribution in [0, 0.1) is 16.3 Å².